The first kappa shape index (κ1) is 46.2. The minimum Gasteiger partial charge on any atom is -0.480 e. The molecule has 0 radical (unpaired) electrons. The van der Waals surface area contributed by atoms with Crippen molar-refractivity contribution in [3.05, 3.63) is 101 Å². The fraction of sp³-hybridized carbons (Fsp3) is 0.434. The zero-order valence-electron chi connectivity index (χ0n) is 40.8. The number of aromatic nitrogens is 4. The SMILES string of the molecule is COc1ncc(-c2ccnc(N3CCn4c(cc5c4CC(C)(C)C5)C3=O)c2[C@@H](C)O)cc1Nc1ccc(N2CCN(C3CCN(c4ccc5c(c4)C(=O)N([C@H]4CCC(=O)NC4=O)C5=O)CC3)C[C@@H]2C)cn1. The number of rotatable bonds is 10. The lowest BCUT2D eigenvalue weighted by atomic mass is 9.90. The molecule has 0 bridgehead atoms. The number of hydrogen-bond acceptors (Lipinski definition) is 14. The Hall–Kier alpha value is -7.18. The third-order valence-electron chi connectivity index (χ3n) is 15.4. The van der Waals surface area contributed by atoms with Gasteiger partial charge in [-0.25, -0.2) is 15.0 Å². The number of nitrogens with zero attached hydrogens (tertiary/aromatic N) is 9. The molecular formula is C53H59N11O7. The predicted molar refractivity (Wildman–Crippen MR) is 266 cm³/mol. The van der Waals surface area contributed by atoms with Crippen molar-refractivity contribution in [2.75, 3.05) is 66.4 Å². The van der Waals surface area contributed by atoms with Gasteiger partial charge in [0, 0.05) is 99.2 Å². The number of piperazine rings is 1. The Morgan fingerprint density at radius 3 is 2.34 bits per heavy atom. The molecule has 3 N–H and O–H groups in total. The standard InChI is InChI=1S/C53H59N11O7/c1-30-29-60(34-13-16-59(17-14-34)35-6-8-38-39(24-35)51(69)64(50(38)68)41-9-11-45(66)58-48(41)67)18-19-61(30)36-7-10-44(55-28-36)57-40-22-33(27-56-49(40)71-5)37-12-15-54-47(46(37)31(2)65)63-21-20-62-42(52(63)70)23-32-25-53(3,4)26-43(32)62/h6-8,10,12,15,22-24,27-28,30-31,34,41,65H,9,11,13-14,16-21,25-26,29H2,1-5H3,(H,55,57)(H,58,66,67)/t30-,31+,41-/m0/s1. The van der Waals surface area contributed by atoms with Crippen molar-refractivity contribution in [2.24, 2.45) is 5.41 Å². The van der Waals surface area contributed by atoms with Gasteiger partial charge in [0.15, 0.2) is 0 Å². The Labute approximate surface area is 412 Å². The quantitative estimate of drug-likeness (QED) is 0.148. The van der Waals surface area contributed by atoms with Crippen LogP contribution in [0.15, 0.2) is 67.1 Å². The summed E-state index contributed by atoms with van der Waals surface area (Å²) >= 11 is 0. The van der Waals surface area contributed by atoms with E-state index in [1.165, 1.54) is 11.3 Å². The Balaban J connectivity index is 0.724. The van der Waals surface area contributed by atoms with E-state index in [-0.39, 0.29) is 35.8 Å². The number of hydrogen-bond donors (Lipinski definition) is 3. The number of aliphatic hydroxyl groups excluding tert-OH is 1. The molecule has 0 unspecified atom stereocenters. The number of benzene rings is 1. The number of carbonyl (C=O) groups is 5. The summed E-state index contributed by atoms with van der Waals surface area (Å²) in [6.45, 7) is 13.8. The number of methoxy groups -OCH3 is 1. The average Bonchev–Trinajstić information content (AvgIpc) is 3.95. The van der Waals surface area contributed by atoms with Crippen LogP contribution < -0.4 is 30.1 Å². The van der Waals surface area contributed by atoms with Crippen molar-refractivity contribution in [3.63, 3.8) is 0 Å². The molecule has 5 aromatic rings. The first-order valence-corrected chi connectivity index (χ1v) is 24.7. The molecule has 5 amide bonds. The second-order valence-electron chi connectivity index (χ2n) is 20.6. The largest absolute Gasteiger partial charge is 0.480 e. The van der Waals surface area contributed by atoms with E-state index in [0.717, 1.165) is 74.7 Å². The number of ether oxygens (including phenoxy) is 1. The molecule has 1 aliphatic carbocycles. The minimum absolute atomic E-state index is 0.0821. The van der Waals surface area contributed by atoms with E-state index >= 15 is 0 Å². The third kappa shape index (κ3) is 8.25. The Morgan fingerprint density at radius 2 is 1.61 bits per heavy atom. The van der Waals surface area contributed by atoms with Gasteiger partial charge in [-0.15, -0.1) is 0 Å². The molecule has 9 heterocycles. The molecule has 5 aliphatic heterocycles. The minimum atomic E-state index is -0.988. The van der Waals surface area contributed by atoms with Crippen LogP contribution in [0, 0.1) is 5.41 Å². The zero-order chi connectivity index (χ0) is 49.5. The molecule has 0 saturated carbocycles. The van der Waals surface area contributed by atoms with Gasteiger partial charge in [-0.1, -0.05) is 13.8 Å². The van der Waals surface area contributed by atoms with Crippen LogP contribution >= 0.6 is 0 Å². The van der Waals surface area contributed by atoms with Crippen LogP contribution in [0.3, 0.4) is 0 Å². The van der Waals surface area contributed by atoms with E-state index in [0.29, 0.717) is 70.3 Å². The number of pyridine rings is 3. The number of aliphatic hydroxyl groups is 1. The molecule has 0 spiro atoms. The summed E-state index contributed by atoms with van der Waals surface area (Å²) in [6.07, 6.45) is 8.34. The second-order valence-corrected chi connectivity index (χ2v) is 20.6. The summed E-state index contributed by atoms with van der Waals surface area (Å²) in [5.74, 6) is -0.695. The Bertz CT molecular complexity index is 3000. The first-order chi connectivity index (χ1) is 34.2. The fourth-order valence-electron chi connectivity index (χ4n) is 11.9. The van der Waals surface area contributed by atoms with Crippen molar-refractivity contribution in [1.29, 1.82) is 0 Å². The molecule has 1 aromatic carbocycles. The van der Waals surface area contributed by atoms with Gasteiger partial charge < -0.3 is 29.5 Å². The van der Waals surface area contributed by atoms with Crippen LogP contribution in [0.4, 0.5) is 28.7 Å². The molecule has 3 atom stereocenters. The number of fused-ring (bicyclic) bond motifs is 4. The maximum absolute atomic E-state index is 14.1. The highest BCUT2D eigenvalue weighted by Crippen LogP contribution is 2.42. The number of piperidine rings is 2. The lowest BCUT2D eigenvalue weighted by Gasteiger charge is -2.46. The number of amides is 5. The first-order valence-electron chi connectivity index (χ1n) is 24.7. The smallest absolute Gasteiger partial charge is 0.276 e. The van der Waals surface area contributed by atoms with E-state index in [2.05, 4.69) is 66.7 Å². The van der Waals surface area contributed by atoms with Crippen LogP contribution in [0.2, 0.25) is 0 Å². The molecule has 18 nitrogen and oxygen atoms in total. The number of anilines is 5. The monoisotopic (exact) mass is 961 g/mol. The maximum atomic E-state index is 14.1. The highest BCUT2D eigenvalue weighted by Gasteiger charge is 2.45. The second kappa shape index (κ2) is 17.9. The molecular weight excluding hydrogens is 903 g/mol. The Morgan fingerprint density at radius 1 is 0.817 bits per heavy atom. The third-order valence-corrected chi connectivity index (χ3v) is 15.4. The van der Waals surface area contributed by atoms with Crippen LogP contribution in [-0.2, 0) is 29.0 Å². The molecule has 368 valence electrons. The van der Waals surface area contributed by atoms with E-state index in [4.69, 9.17) is 9.72 Å². The molecule has 11 rings (SSSR count). The van der Waals surface area contributed by atoms with Gasteiger partial charge in [0.05, 0.1) is 36.2 Å². The fourth-order valence-corrected chi connectivity index (χ4v) is 11.9. The van der Waals surface area contributed by atoms with Crippen molar-refractivity contribution >= 4 is 58.2 Å². The maximum Gasteiger partial charge on any atom is 0.276 e. The summed E-state index contributed by atoms with van der Waals surface area (Å²) < 4.78 is 7.86. The van der Waals surface area contributed by atoms with Crippen molar-refractivity contribution in [2.45, 2.75) is 97.0 Å². The molecule has 4 aromatic heterocycles. The van der Waals surface area contributed by atoms with Crippen LogP contribution in [0.5, 0.6) is 5.88 Å². The van der Waals surface area contributed by atoms with Crippen molar-refractivity contribution in [1.82, 2.24) is 34.6 Å². The topological polar surface area (TPSA) is 199 Å². The highest BCUT2D eigenvalue weighted by atomic mass is 16.5. The molecule has 3 saturated heterocycles. The van der Waals surface area contributed by atoms with Gasteiger partial charge >= 0.3 is 0 Å². The summed E-state index contributed by atoms with van der Waals surface area (Å²) in [6, 6.07) is 14.8. The lowest BCUT2D eigenvalue weighted by Crippen LogP contribution is -2.57. The van der Waals surface area contributed by atoms with E-state index in [1.54, 1.807) is 43.5 Å². The van der Waals surface area contributed by atoms with Crippen LogP contribution in [-0.4, -0.2) is 128 Å². The van der Waals surface area contributed by atoms with E-state index < -0.39 is 35.8 Å². The van der Waals surface area contributed by atoms with Gasteiger partial charge in [-0.05, 0) is 111 Å². The lowest BCUT2D eigenvalue weighted by molar-refractivity contribution is -0.136. The number of carbonyl (C=O) groups excluding carboxylic acids is 5. The van der Waals surface area contributed by atoms with Gasteiger partial charge in [0.25, 0.3) is 17.7 Å². The van der Waals surface area contributed by atoms with Gasteiger partial charge in [0.1, 0.15) is 29.1 Å². The molecule has 6 aliphatic rings. The van der Waals surface area contributed by atoms with Crippen molar-refractivity contribution < 1.29 is 33.8 Å². The van der Waals surface area contributed by atoms with Gasteiger partial charge in [-0.3, -0.25) is 44.0 Å². The summed E-state index contributed by atoms with van der Waals surface area (Å²) in [5, 5.41) is 17.0. The predicted octanol–water partition coefficient (Wildman–Crippen LogP) is 5.51. The summed E-state index contributed by atoms with van der Waals surface area (Å²) in [7, 11) is 1.57. The number of nitrogens with one attached hydrogen (secondary N) is 2. The summed E-state index contributed by atoms with van der Waals surface area (Å²) in [4.78, 5) is 89.2. The molecule has 3 fully saturated rings. The Kier molecular flexibility index (Phi) is 11.7. The molecule has 71 heavy (non-hydrogen) atoms. The van der Waals surface area contributed by atoms with Crippen LogP contribution in [0.1, 0.15) is 108 Å². The van der Waals surface area contributed by atoms with E-state index in [1.807, 2.05) is 36.5 Å². The zero-order valence-corrected chi connectivity index (χ0v) is 40.8. The van der Waals surface area contributed by atoms with Crippen molar-refractivity contribution in [3.8, 4) is 17.0 Å². The highest BCUT2D eigenvalue weighted by molar-refractivity contribution is 6.23. The van der Waals surface area contributed by atoms with E-state index in [9.17, 15) is 29.1 Å². The number of imide groups is 2. The summed E-state index contributed by atoms with van der Waals surface area (Å²) in [5.41, 5.74) is 8.40. The molecule has 18 heteroatoms. The van der Waals surface area contributed by atoms with Crippen LogP contribution in [0.25, 0.3) is 11.1 Å². The normalized spacial score (nSPS) is 21.9. The van der Waals surface area contributed by atoms with Gasteiger partial charge in [0.2, 0.25) is 17.7 Å². The van der Waals surface area contributed by atoms with Gasteiger partial charge in [-0.2, -0.15) is 0 Å². The average molecular weight is 962 g/mol.